The Morgan fingerprint density at radius 1 is 0.667 bits per heavy atom. The topological polar surface area (TPSA) is 77.4 Å². The second-order valence-electron chi connectivity index (χ2n) is 3.73. The van der Waals surface area contributed by atoms with Crippen molar-refractivity contribution in [3.8, 4) is 0 Å². The zero-order chi connectivity index (χ0) is 14.1. The van der Waals surface area contributed by atoms with E-state index in [0.717, 1.165) is 0 Å². The maximum Gasteiger partial charge on any atom is 0.367 e. The van der Waals surface area contributed by atoms with Gasteiger partial charge in [0.1, 0.15) is 0 Å². The van der Waals surface area contributed by atoms with E-state index < -0.39 is 11.9 Å². The fourth-order valence-electron chi connectivity index (χ4n) is 1.32. The summed E-state index contributed by atoms with van der Waals surface area (Å²) in [5, 5.41) is 20.5. The predicted octanol–water partition coefficient (Wildman–Crippen LogP) is 1.20. The van der Waals surface area contributed by atoms with Crippen LogP contribution in [0.15, 0.2) is 0 Å². The third-order valence-electron chi connectivity index (χ3n) is 2.08. The Hall–Kier alpha value is -0.240. The molecule has 0 amide bonds. The first-order valence-corrected chi connectivity index (χ1v) is 6.50. The summed E-state index contributed by atoms with van der Waals surface area (Å²) in [5.74, 6) is -4.66. The van der Waals surface area contributed by atoms with Crippen molar-refractivity contribution in [3.05, 3.63) is 0 Å². The zero-order valence-electron chi connectivity index (χ0n) is 11.8. The first kappa shape index (κ1) is 17.8. The van der Waals surface area contributed by atoms with E-state index in [-0.39, 0.29) is 26.4 Å². The molecule has 6 nitrogen and oxygen atoms in total. The van der Waals surface area contributed by atoms with Crippen molar-refractivity contribution in [2.75, 3.05) is 26.4 Å². The van der Waals surface area contributed by atoms with Crippen LogP contribution in [-0.4, -0.2) is 48.6 Å². The lowest BCUT2D eigenvalue weighted by Gasteiger charge is -2.39. The first-order chi connectivity index (χ1) is 8.49. The Morgan fingerprint density at radius 2 is 1.00 bits per heavy atom. The van der Waals surface area contributed by atoms with Crippen LogP contribution in [0.2, 0.25) is 0 Å². The number of ether oxygens (including phenoxy) is 4. The van der Waals surface area contributed by atoms with E-state index in [9.17, 15) is 10.2 Å². The minimum Gasteiger partial charge on any atom is -0.337 e. The molecule has 0 spiro atoms. The van der Waals surface area contributed by atoms with Gasteiger partial charge in [-0.2, -0.15) is 0 Å². The van der Waals surface area contributed by atoms with E-state index in [0.29, 0.717) is 12.8 Å². The minimum atomic E-state index is -2.33. The standard InChI is InChI=1S/C12H26O6/c1-5-9-17-12(14,18-10-6-2)11(13,15-7-3)16-8-4/h13-14H,5-10H2,1-4H3. The van der Waals surface area contributed by atoms with Crippen LogP contribution in [0.3, 0.4) is 0 Å². The molecule has 0 aliphatic heterocycles. The second kappa shape index (κ2) is 8.79. The highest BCUT2D eigenvalue weighted by molar-refractivity contribution is 4.69. The van der Waals surface area contributed by atoms with E-state index >= 15 is 0 Å². The summed E-state index contributed by atoms with van der Waals surface area (Å²) in [4.78, 5) is 0. The highest BCUT2D eigenvalue weighted by atomic mass is 16.9. The van der Waals surface area contributed by atoms with Gasteiger partial charge in [-0.3, -0.25) is 0 Å². The van der Waals surface area contributed by atoms with Crippen LogP contribution < -0.4 is 0 Å². The van der Waals surface area contributed by atoms with Crippen molar-refractivity contribution in [2.45, 2.75) is 52.5 Å². The van der Waals surface area contributed by atoms with Gasteiger partial charge >= 0.3 is 11.9 Å². The summed E-state index contributed by atoms with van der Waals surface area (Å²) in [6.07, 6.45) is 1.32. The maximum absolute atomic E-state index is 10.3. The second-order valence-corrected chi connectivity index (χ2v) is 3.73. The number of hydrogen-bond donors (Lipinski definition) is 2. The summed E-state index contributed by atoms with van der Waals surface area (Å²) in [6, 6.07) is 0. The molecule has 0 bridgehead atoms. The quantitative estimate of drug-likeness (QED) is 0.547. The molecule has 0 aromatic rings. The molecule has 0 aromatic heterocycles. The van der Waals surface area contributed by atoms with Crippen LogP contribution in [0.4, 0.5) is 0 Å². The molecule has 0 heterocycles. The van der Waals surface area contributed by atoms with Crippen LogP contribution in [0.1, 0.15) is 40.5 Å². The van der Waals surface area contributed by atoms with Gasteiger partial charge in [0, 0.05) is 13.2 Å². The summed E-state index contributed by atoms with van der Waals surface area (Å²) in [6.45, 7) is 7.80. The normalized spacial score (nSPS) is 13.0. The van der Waals surface area contributed by atoms with Gasteiger partial charge in [-0.05, 0) is 26.7 Å². The number of rotatable bonds is 11. The average molecular weight is 266 g/mol. The molecule has 0 aliphatic rings. The fraction of sp³-hybridized carbons (Fsp3) is 1.00. The molecule has 0 unspecified atom stereocenters. The first-order valence-electron chi connectivity index (χ1n) is 6.50. The van der Waals surface area contributed by atoms with E-state index in [1.807, 2.05) is 13.8 Å². The third-order valence-corrected chi connectivity index (χ3v) is 2.08. The molecule has 6 heteroatoms. The Morgan fingerprint density at radius 3 is 1.28 bits per heavy atom. The number of hydrogen-bond acceptors (Lipinski definition) is 6. The van der Waals surface area contributed by atoms with Crippen LogP contribution in [0.25, 0.3) is 0 Å². The largest absolute Gasteiger partial charge is 0.367 e. The van der Waals surface area contributed by atoms with Gasteiger partial charge < -0.3 is 29.2 Å². The van der Waals surface area contributed by atoms with Crippen LogP contribution in [0.5, 0.6) is 0 Å². The zero-order valence-corrected chi connectivity index (χ0v) is 11.8. The summed E-state index contributed by atoms with van der Waals surface area (Å²) in [7, 11) is 0. The van der Waals surface area contributed by atoms with Crippen molar-refractivity contribution in [2.24, 2.45) is 0 Å². The third kappa shape index (κ3) is 4.79. The molecule has 0 fully saturated rings. The molecular weight excluding hydrogens is 240 g/mol. The highest BCUT2D eigenvalue weighted by Crippen LogP contribution is 2.29. The van der Waals surface area contributed by atoms with Crippen LogP contribution in [-0.2, 0) is 18.9 Å². The maximum atomic E-state index is 10.3. The number of aliphatic hydroxyl groups is 2. The predicted molar refractivity (Wildman–Crippen MR) is 65.6 cm³/mol. The van der Waals surface area contributed by atoms with E-state index in [2.05, 4.69) is 0 Å². The lowest BCUT2D eigenvalue weighted by molar-refractivity contribution is -0.545. The van der Waals surface area contributed by atoms with E-state index in [1.54, 1.807) is 13.8 Å². The van der Waals surface area contributed by atoms with Crippen LogP contribution >= 0.6 is 0 Å². The smallest absolute Gasteiger partial charge is 0.337 e. The van der Waals surface area contributed by atoms with Crippen molar-refractivity contribution in [1.29, 1.82) is 0 Å². The Balaban J connectivity index is 4.93. The lowest BCUT2D eigenvalue weighted by atomic mass is 10.4. The molecule has 0 aromatic carbocycles. The van der Waals surface area contributed by atoms with Gasteiger partial charge in [-0.15, -0.1) is 0 Å². The van der Waals surface area contributed by atoms with E-state index in [4.69, 9.17) is 18.9 Å². The van der Waals surface area contributed by atoms with Gasteiger partial charge in [0.05, 0.1) is 13.2 Å². The van der Waals surface area contributed by atoms with Crippen molar-refractivity contribution >= 4 is 0 Å². The molecule has 0 aliphatic carbocycles. The summed E-state index contributed by atoms with van der Waals surface area (Å²) < 4.78 is 20.5. The molecule has 0 atom stereocenters. The van der Waals surface area contributed by atoms with Crippen molar-refractivity contribution in [1.82, 2.24) is 0 Å². The molecule has 18 heavy (non-hydrogen) atoms. The van der Waals surface area contributed by atoms with Gasteiger partial charge in [0.25, 0.3) is 0 Å². The molecule has 110 valence electrons. The molecule has 0 saturated heterocycles. The Kier molecular flexibility index (Phi) is 8.67. The molecule has 0 radical (unpaired) electrons. The van der Waals surface area contributed by atoms with Gasteiger partial charge in [-0.25, -0.2) is 0 Å². The Bertz CT molecular complexity index is 195. The molecule has 0 saturated carbocycles. The molecule has 2 N–H and O–H groups in total. The van der Waals surface area contributed by atoms with Gasteiger partial charge in [0.15, 0.2) is 0 Å². The Labute approximate surface area is 109 Å². The van der Waals surface area contributed by atoms with Crippen molar-refractivity contribution < 1.29 is 29.2 Å². The van der Waals surface area contributed by atoms with E-state index in [1.165, 1.54) is 0 Å². The fourth-order valence-corrected chi connectivity index (χ4v) is 1.32. The lowest BCUT2D eigenvalue weighted by Crippen LogP contribution is -2.61. The van der Waals surface area contributed by atoms with Crippen LogP contribution in [0, 0.1) is 0 Å². The minimum absolute atomic E-state index is 0.143. The average Bonchev–Trinajstić information content (AvgIpc) is 2.34. The summed E-state index contributed by atoms with van der Waals surface area (Å²) in [5.41, 5.74) is 0. The monoisotopic (exact) mass is 266 g/mol. The highest BCUT2D eigenvalue weighted by Gasteiger charge is 2.56. The molecule has 0 rings (SSSR count). The van der Waals surface area contributed by atoms with Gasteiger partial charge in [-0.1, -0.05) is 13.8 Å². The molecular formula is C12H26O6. The SMILES string of the molecule is CCCOC(O)(OCCC)C(O)(OCC)OCC. The van der Waals surface area contributed by atoms with Gasteiger partial charge in [0.2, 0.25) is 0 Å². The summed E-state index contributed by atoms with van der Waals surface area (Å²) >= 11 is 0. The van der Waals surface area contributed by atoms with Crippen molar-refractivity contribution in [3.63, 3.8) is 0 Å².